The second-order valence-corrected chi connectivity index (χ2v) is 5.08. The molecule has 0 atom stereocenters. The van der Waals surface area contributed by atoms with Crippen molar-refractivity contribution in [3.63, 3.8) is 0 Å². The molecule has 5 nitrogen and oxygen atoms in total. The lowest BCUT2D eigenvalue weighted by Gasteiger charge is -2.02. The van der Waals surface area contributed by atoms with E-state index in [1.54, 1.807) is 6.33 Å². The molecule has 0 spiro atoms. The maximum atomic E-state index is 4.66. The van der Waals surface area contributed by atoms with Crippen LogP contribution in [-0.2, 0) is 13.6 Å². The van der Waals surface area contributed by atoms with Gasteiger partial charge in [0.1, 0.15) is 12.2 Å². The van der Waals surface area contributed by atoms with Gasteiger partial charge in [-0.05, 0) is 26.0 Å². The van der Waals surface area contributed by atoms with E-state index in [-0.39, 0.29) is 0 Å². The first-order chi connectivity index (χ1) is 9.70. The van der Waals surface area contributed by atoms with Crippen molar-refractivity contribution in [1.82, 2.24) is 24.1 Å². The van der Waals surface area contributed by atoms with Crippen LogP contribution in [0.1, 0.15) is 12.7 Å². The molecule has 0 fully saturated rings. The average molecular weight is 265 g/mol. The van der Waals surface area contributed by atoms with E-state index in [2.05, 4.69) is 57.1 Å². The zero-order chi connectivity index (χ0) is 13.9. The third kappa shape index (κ3) is 1.29. The number of rotatable bonds is 1. The van der Waals surface area contributed by atoms with Crippen molar-refractivity contribution in [3.8, 4) is 0 Å². The van der Waals surface area contributed by atoms with Crippen LogP contribution < -0.4 is 0 Å². The number of hydrogen-bond donors (Lipinski definition) is 0. The van der Waals surface area contributed by atoms with Crippen molar-refractivity contribution in [2.45, 2.75) is 20.4 Å². The van der Waals surface area contributed by atoms with Gasteiger partial charge in [-0.1, -0.05) is 0 Å². The molecule has 20 heavy (non-hydrogen) atoms. The van der Waals surface area contributed by atoms with Gasteiger partial charge in [-0.3, -0.25) is 0 Å². The Labute approximate surface area is 115 Å². The monoisotopic (exact) mass is 265 g/mol. The quantitative estimate of drug-likeness (QED) is 0.531. The average Bonchev–Trinajstić information content (AvgIpc) is 2.92. The molecular formula is C15H15N5. The summed E-state index contributed by atoms with van der Waals surface area (Å²) in [7, 11) is 2.05. The summed E-state index contributed by atoms with van der Waals surface area (Å²) >= 11 is 0. The SMILES string of the molecule is CCn1c(C)nc2cc3c4ncncc4n(C)c3cc21. The lowest BCUT2D eigenvalue weighted by atomic mass is 10.2. The maximum Gasteiger partial charge on any atom is 0.116 e. The van der Waals surface area contributed by atoms with E-state index in [4.69, 9.17) is 0 Å². The van der Waals surface area contributed by atoms with Gasteiger partial charge in [0.15, 0.2) is 0 Å². The van der Waals surface area contributed by atoms with Gasteiger partial charge in [-0.25, -0.2) is 15.0 Å². The summed E-state index contributed by atoms with van der Waals surface area (Å²) in [4.78, 5) is 13.2. The van der Waals surface area contributed by atoms with Gasteiger partial charge in [0.25, 0.3) is 0 Å². The maximum absolute atomic E-state index is 4.66. The molecule has 0 bridgehead atoms. The van der Waals surface area contributed by atoms with Gasteiger partial charge in [-0.2, -0.15) is 0 Å². The van der Waals surface area contributed by atoms with E-state index in [1.807, 2.05) is 6.20 Å². The van der Waals surface area contributed by atoms with Gasteiger partial charge < -0.3 is 9.13 Å². The topological polar surface area (TPSA) is 48.5 Å². The molecule has 0 unspecified atom stereocenters. The molecule has 4 rings (SSSR count). The predicted molar refractivity (Wildman–Crippen MR) is 79.7 cm³/mol. The largest absolute Gasteiger partial charge is 0.341 e. The molecule has 3 heterocycles. The van der Waals surface area contributed by atoms with Crippen LogP contribution in [0.5, 0.6) is 0 Å². The minimum absolute atomic E-state index is 0.928. The molecule has 0 saturated carbocycles. The van der Waals surface area contributed by atoms with Crippen LogP contribution in [-0.4, -0.2) is 24.1 Å². The highest BCUT2D eigenvalue weighted by Crippen LogP contribution is 2.30. The van der Waals surface area contributed by atoms with Gasteiger partial charge in [-0.15, -0.1) is 0 Å². The van der Waals surface area contributed by atoms with Crippen molar-refractivity contribution >= 4 is 33.0 Å². The lowest BCUT2D eigenvalue weighted by molar-refractivity contribution is 0.753. The normalized spacial score (nSPS) is 11.9. The summed E-state index contributed by atoms with van der Waals surface area (Å²) in [5.74, 6) is 1.05. The number of aryl methyl sites for hydroxylation is 3. The van der Waals surface area contributed by atoms with Crippen LogP contribution in [0.2, 0.25) is 0 Å². The highest BCUT2D eigenvalue weighted by atomic mass is 15.1. The summed E-state index contributed by atoms with van der Waals surface area (Å²) in [5, 5.41) is 1.14. The summed E-state index contributed by atoms with van der Waals surface area (Å²) in [5.41, 5.74) is 5.42. The van der Waals surface area contributed by atoms with E-state index in [9.17, 15) is 0 Å². The molecule has 0 radical (unpaired) electrons. The first kappa shape index (κ1) is 11.4. The molecule has 0 aliphatic carbocycles. The summed E-state index contributed by atoms with van der Waals surface area (Å²) in [6.45, 7) is 5.12. The molecule has 0 aliphatic rings. The summed E-state index contributed by atoms with van der Waals surface area (Å²) in [6, 6.07) is 4.34. The molecule has 1 aromatic carbocycles. The lowest BCUT2D eigenvalue weighted by Crippen LogP contribution is -1.96. The van der Waals surface area contributed by atoms with Crippen molar-refractivity contribution in [1.29, 1.82) is 0 Å². The first-order valence-corrected chi connectivity index (χ1v) is 6.75. The Morgan fingerprint density at radius 3 is 2.80 bits per heavy atom. The molecule has 3 aromatic heterocycles. The zero-order valence-electron chi connectivity index (χ0n) is 11.8. The van der Waals surface area contributed by atoms with Gasteiger partial charge in [0.2, 0.25) is 0 Å². The van der Waals surface area contributed by atoms with Crippen LogP contribution in [0.25, 0.3) is 33.0 Å². The van der Waals surface area contributed by atoms with E-state index < -0.39 is 0 Å². The van der Waals surface area contributed by atoms with Crippen molar-refractivity contribution < 1.29 is 0 Å². The summed E-state index contributed by atoms with van der Waals surface area (Å²) in [6.07, 6.45) is 3.46. The second-order valence-electron chi connectivity index (χ2n) is 5.08. The molecule has 0 saturated heterocycles. The third-order valence-electron chi connectivity index (χ3n) is 4.04. The number of benzene rings is 1. The Balaban J connectivity index is 2.25. The minimum Gasteiger partial charge on any atom is -0.341 e. The van der Waals surface area contributed by atoms with Crippen LogP contribution in [0.15, 0.2) is 24.7 Å². The van der Waals surface area contributed by atoms with Crippen molar-refractivity contribution in [2.24, 2.45) is 7.05 Å². The number of aromatic nitrogens is 5. The van der Waals surface area contributed by atoms with Crippen LogP contribution in [0, 0.1) is 6.92 Å². The Kier molecular flexibility index (Phi) is 2.16. The van der Waals surface area contributed by atoms with E-state index in [1.165, 1.54) is 11.0 Å². The Morgan fingerprint density at radius 1 is 1.15 bits per heavy atom. The van der Waals surface area contributed by atoms with E-state index in [0.29, 0.717) is 0 Å². The molecule has 0 amide bonds. The fourth-order valence-corrected chi connectivity index (χ4v) is 3.05. The number of hydrogen-bond acceptors (Lipinski definition) is 3. The second kappa shape index (κ2) is 3.79. The molecule has 0 N–H and O–H groups in total. The Morgan fingerprint density at radius 2 is 2.00 bits per heavy atom. The first-order valence-electron chi connectivity index (χ1n) is 6.75. The highest BCUT2D eigenvalue weighted by Gasteiger charge is 2.13. The van der Waals surface area contributed by atoms with Gasteiger partial charge >= 0.3 is 0 Å². The minimum atomic E-state index is 0.928. The molecule has 5 heteroatoms. The third-order valence-corrected chi connectivity index (χ3v) is 4.04. The number of imidazole rings is 1. The van der Waals surface area contributed by atoms with Crippen molar-refractivity contribution in [2.75, 3.05) is 0 Å². The van der Waals surface area contributed by atoms with Crippen molar-refractivity contribution in [3.05, 3.63) is 30.5 Å². The molecule has 100 valence electrons. The van der Waals surface area contributed by atoms with Crippen LogP contribution >= 0.6 is 0 Å². The van der Waals surface area contributed by atoms with Gasteiger partial charge in [0, 0.05) is 19.0 Å². The van der Waals surface area contributed by atoms with E-state index in [0.717, 1.165) is 34.3 Å². The van der Waals surface area contributed by atoms with Crippen LogP contribution in [0.4, 0.5) is 0 Å². The zero-order valence-corrected chi connectivity index (χ0v) is 11.8. The molecule has 4 aromatic rings. The highest BCUT2D eigenvalue weighted by molar-refractivity contribution is 6.09. The van der Waals surface area contributed by atoms with Crippen LogP contribution in [0.3, 0.4) is 0 Å². The summed E-state index contributed by atoms with van der Waals surface area (Å²) < 4.78 is 4.38. The fourth-order valence-electron chi connectivity index (χ4n) is 3.05. The number of fused-ring (bicyclic) bond motifs is 4. The predicted octanol–water partition coefficient (Wildman–Crippen LogP) is 2.80. The Bertz CT molecular complexity index is 961. The van der Waals surface area contributed by atoms with Gasteiger partial charge in [0.05, 0.1) is 33.8 Å². The number of nitrogens with zero attached hydrogens (tertiary/aromatic N) is 5. The fraction of sp³-hybridized carbons (Fsp3) is 0.267. The Hall–Kier alpha value is -2.43. The smallest absolute Gasteiger partial charge is 0.116 e. The molecule has 0 aliphatic heterocycles. The molecular weight excluding hydrogens is 250 g/mol. The van der Waals surface area contributed by atoms with E-state index >= 15 is 0 Å². The standard InChI is InChI=1S/C15H15N5/c1-4-20-9(2)18-11-5-10-12(6-13(11)20)19(3)14-7-16-8-17-15(10)14/h5-8H,4H2,1-3H3.